The molecular formula is C18H20N6O2S. The first kappa shape index (κ1) is 17.6. The van der Waals surface area contributed by atoms with Crippen LogP contribution in [0.25, 0.3) is 10.2 Å². The van der Waals surface area contributed by atoms with Gasteiger partial charge in [0, 0.05) is 45.1 Å². The molecule has 0 bridgehead atoms. The molecule has 8 nitrogen and oxygen atoms in total. The molecule has 27 heavy (non-hydrogen) atoms. The Kier molecular flexibility index (Phi) is 4.61. The Hall–Kier alpha value is -2.81. The Morgan fingerprint density at radius 1 is 1.15 bits per heavy atom. The van der Waals surface area contributed by atoms with Crippen molar-refractivity contribution in [2.45, 2.75) is 20.4 Å². The minimum Gasteiger partial charge on any atom is -0.337 e. The molecule has 1 aliphatic rings. The molecule has 140 valence electrons. The lowest BCUT2D eigenvalue weighted by molar-refractivity contribution is 0.0750. The Morgan fingerprint density at radius 2 is 1.85 bits per heavy atom. The van der Waals surface area contributed by atoms with E-state index in [-0.39, 0.29) is 11.5 Å². The number of anilines is 1. The van der Waals surface area contributed by atoms with Crippen molar-refractivity contribution in [2.24, 2.45) is 0 Å². The fourth-order valence-corrected chi connectivity index (χ4v) is 4.40. The van der Waals surface area contributed by atoms with Gasteiger partial charge in [0.15, 0.2) is 0 Å². The van der Waals surface area contributed by atoms with Crippen molar-refractivity contribution in [1.82, 2.24) is 24.4 Å². The van der Waals surface area contributed by atoms with Gasteiger partial charge in [0.1, 0.15) is 4.83 Å². The van der Waals surface area contributed by atoms with E-state index in [4.69, 9.17) is 0 Å². The van der Waals surface area contributed by atoms with Crippen molar-refractivity contribution in [1.29, 1.82) is 0 Å². The largest absolute Gasteiger partial charge is 0.337 e. The zero-order valence-corrected chi connectivity index (χ0v) is 16.1. The highest BCUT2D eigenvalue weighted by atomic mass is 32.1. The number of rotatable bonds is 3. The fourth-order valence-electron chi connectivity index (χ4n) is 3.30. The van der Waals surface area contributed by atoms with Crippen LogP contribution in [0.4, 0.5) is 5.95 Å². The average molecular weight is 384 g/mol. The molecule has 1 aliphatic heterocycles. The fraction of sp³-hybridized carbons (Fsp3) is 0.389. The van der Waals surface area contributed by atoms with E-state index in [0.717, 1.165) is 5.56 Å². The summed E-state index contributed by atoms with van der Waals surface area (Å²) in [4.78, 5) is 43.7. The van der Waals surface area contributed by atoms with Crippen LogP contribution < -0.4 is 10.5 Å². The lowest BCUT2D eigenvalue weighted by atomic mass is 10.2. The van der Waals surface area contributed by atoms with Gasteiger partial charge in [0.25, 0.3) is 11.5 Å². The molecule has 1 saturated heterocycles. The molecule has 0 N–H and O–H groups in total. The van der Waals surface area contributed by atoms with Gasteiger partial charge in [-0.3, -0.25) is 14.2 Å². The third-order valence-corrected chi connectivity index (χ3v) is 6.04. The van der Waals surface area contributed by atoms with Crippen LogP contribution >= 0.6 is 11.3 Å². The highest BCUT2D eigenvalue weighted by molar-refractivity contribution is 7.20. The number of fused-ring (bicyclic) bond motifs is 1. The lowest BCUT2D eigenvalue weighted by Crippen LogP contribution is -2.49. The van der Waals surface area contributed by atoms with E-state index in [2.05, 4.69) is 19.9 Å². The molecule has 4 heterocycles. The molecule has 9 heteroatoms. The van der Waals surface area contributed by atoms with E-state index >= 15 is 0 Å². The van der Waals surface area contributed by atoms with Gasteiger partial charge in [-0.15, -0.1) is 11.3 Å². The maximum absolute atomic E-state index is 13.0. The second-order valence-corrected chi connectivity index (χ2v) is 7.40. The van der Waals surface area contributed by atoms with E-state index in [0.29, 0.717) is 53.8 Å². The quantitative estimate of drug-likeness (QED) is 0.681. The number of amides is 1. The van der Waals surface area contributed by atoms with Crippen LogP contribution in [-0.4, -0.2) is 56.5 Å². The molecule has 4 rings (SSSR count). The zero-order chi connectivity index (χ0) is 19.0. The third-order valence-electron chi connectivity index (χ3n) is 4.85. The normalized spacial score (nSPS) is 14.7. The summed E-state index contributed by atoms with van der Waals surface area (Å²) in [6.07, 6.45) is 4.99. The van der Waals surface area contributed by atoms with Crippen molar-refractivity contribution in [3.05, 3.63) is 45.6 Å². The molecule has 3 aromatic heterocycles. The Morgan fingerprint density at radius 3 is 2.52 bits per heavy atom. The molecule has 1 fully saturated rings. The topological polar surface area (TPSA) is 84.2 Å². The molecule has 0 atom stereocenters. The molecule has 0 aromatic carbocycles. The van der Waals surface area contributed by atoms with E-state index in [1.807, 2.05) is 18.7 Å². The summed E-state index contributed by atoms with van der Waals surface area (Å²) in [5.74, 6) is 0.651. The summed E-state index contributed by atoms with van der Waals surface area (Å²) in [5, 5.41) is 0.559. The van der Waals surface area contributed by atoms with Gasteiger partial charge in [0.05, 0.1) is 16.6 Å². The maximum atomic E-state index is 13.0. The number of hydrogen-bond donors (Lipinski definition) is 0. The SMILES string of the molecule is CCn1cnc2sc(C(=O)N3CCN(c4ncccn4)CC3)c(C)c2c1=O. The second kappa shape index (κ2) is 7.07. The van der Waals surface area contributed by atoms with Crippen molar-refractivity contribution < 1.29 is 4.79 Å². The predicted octanol–water partition coefficient (Wildman–Crippen LogP) is 1.54. The lowest BCUT2D eigenvalue weighted by Gasteiger charge is -2.34. The number of thiophene rings is 1. The molecule has 0 radical (unpaired) electrons. The molecule has 3 aromatic rings. The van der Waals surface area contributed by atoms with Crippen LogP contribution in [0.2, 0.25) is 0 Å². The van der Waals surface area contributed by atoms with Crippen LogP contribution in [0.1, 0.15) is 22.2 Å². The van der Waals surface area contributed by atoms with Crippen LogP contribution in [0, 0.1) is 6.92 Å². The van der Waals surface area contributed by atoms with E-state index in [9.17, 15) is 9.59 Å². The van der Waals surface area contributed by atoms with Crippen molar-refractivity contribution >= 4 is 33.4 Å². The summed E-state index contributed by atoms with van der Waals surface area (Å²) in [5.41, 5.74) is 0.649. The van der Waals surface area contributed by atoms with E-state index in [1.54, 1.807) is 29.4 Å². The van der Waals surface area contributed by atoms with Gasteiger partial charge < -0.3 is 9.80 Å². The van der Waals surface area contributed by atoms with Gasteiger partial charge in [-0.1, -0.05) is 0 Å². The molecular weight excluding hydrogens is 364 g/mol. The number of nitrogens with zero attached hydrogens (tertiary/aromatic N) is 6. The van der Waals surface area contributed by atoms with E-state index < -0.39 is 0 Å². The first-order valence-corrected chi connectivity index (χ1v) is 9.71. The maximum Gasteiger partial charge on any atom is 0.264 e. The number of piperazine rings is 1. The van der Waals surface area contributed by atoms with Crippen LogP contribution in [0.5, 0.6) is 0 Å². The molecule has 0 spiro atoms. The predicted molar refractivity (Wildman–Crippen MR) is 104 cm³/mol. The summed E-state index contributed by atoms with van der Waals surface area (Å²) in [7, 11) is 0. The van der Waals surface area contributed by atoms with E-state index in [1.165, 1.54) is 11.3 Å². The van der Waals surface area contributed by atoms with Gasteiger partial charge in [-0.05, 0) is 25.5 Å². The highest BCUT2D eigenvalue weighted by Gasteiger charge is 2.27. The van der Waals surface area contributed by atoms with Crippen molar-refractivity contribution in [2.75, 3.05) is 31.1 Å². The molecule has 0 aliphatic carbocycles. The third kappa shape index (κ3) is 3.08. The smallest absolute Gasteiger partial charge is 0.264 e. The summed E-state index contributed by atoms with van der Waals surface area (Å²) in [6, 6.07) is 1.79. The summed E-state index contributed by atoms with van der Waals surface area (Å²) >= 11 is 1.30. The Balaban J connectivity index is 1.56. The summed E-state index contributed by atoms with van der Waals surface area (Å²) < 4.78 is 1.56. The standard InChI is InChI=1S/C18H20N6O2S/c1-3-22-11-21-15-13(16(22)25)12(2)14(27-15)17(26)23-7-9-24(10-8-23)18-19-5-4-6-20-18/h4-6,11H,3,7-10H2,1-2H3. The van der Waals surface area contributed by atoms with Crippen LogP contribution in [0.3, 0.4) is 0 Å². The van der Waals surface area contributed by atoms with Gasteiger partial charge >= 0.3 is 0 Å². The number of aryl methyl sites for hydroxylation is 2. The molecule has 1 amide bonds. The Labute approximate surface area is 160 Å². The average Bonchev–Trinajstić information content (AvgIpc) is 3.06. The number of carbonyl (C=O) groups excluding carboxylic acids is 1. The first-order valence-electron chi connectivity index (χ1n) is 8.90. The van der Waals surface area contributed by atoms with Gasteiger partial charge in [0.2, 0.25) is 5.95 Å². The van der Waals surface area contributed by atoms with Crippen molar-refractivity contribution in [3.63, 3.8) is 0 Å². The molecule has 0 saturated carbocycles. The second-order valence-electron chi connectivity index (χ2n) is 6.40. The Bertz CT molecular complexity index is 1040. The van der Waals surface area contributed by atoms with Gasteiger partial charge in [-0.2, -0.15) is 0 Å². The first-order chi connectivity index (χ1) is 13.1. The number of carbonyl (C=O) groups is 1. The minimum atomic E-state index is -0.0821. The molecule has 0 unspecified atom stereocenters. The number of hydrogen-bond acceptors (Lipinski definition) is 7. The summed E-state index contributed by atoms with van der Waals surface area (Å²) in [6.45, 7) is 6.85. The van der Waals surface area contributed by atoms with Gasteiger partial charge in [-0.25, -0.2) is 15.0 Å². The van der Waals surface area contributed by atoms with Crippen LogP contribution in [-0.2, 0) is 6.54 Å². The monoisotopic (exact) mass is 384 g/mol. The van der Waals surface area contributed by atoms with Crippen LogP contribution in [0.15, 0.2) is 29.6 Å². The van der Waals surface area contributed by atoms with Crippen molar-refractivity contribution in [3.8, 4) is 0 Å². The highest BCUT2D eigenvalue weighted by Crippen LogP contribution is 2.28. The zero-order valence-electron chi connectivity index (χ0n) is 15.3. The number of aromatic nitrogens is 4. The minimum absolute atomic E-state index is 0.0356.